The number of likely N-dealkylation sites (N-methyl/N-ethyl adjacent to an activating group) is 1. The normalized spacial score (nSPS) is 17.6. The number of amides is 1. The summed E-state index contributed by atoms with van der Waals surface area (Å²) >= 11 is 0. The van der Waals surface area contributed by atoms with E-state index < -0.39 is 5.91 Å². The Labute approximate surface area is 174 Å². The number of nitrogens with one attached hydrogen (secondary N) is 1. The molecule has 6 nitrogen and oxygen atoms in total. The lowest BCUT2D eigenvalue weighted by Crippen LogP contribution is -2.36. The van der Waals surface area contributed by atoms with Crippen molar-refractivity contribution < 1.29 is 14.4 Å². The highest BCUT2D eigenvalue weighted by Crippen LogP contribution is 2.33. The lowest BCUT2D eigenvalue weighted by atomic mass is 10.0. The molecular weight excluding hydrogens is 383 g/mol. The number of fused-ring (bicyclic) bond motifs is 1. The van der Waals surface area contributed by atoms with E-state index in [4.69, 9.17) is 10.2 Å². The number of hydrogen-bond donors (Lipinski definition) is 2. The second-order valence-corrected chi connectivity index (χ2v) is 7.56. The van der Waals surface area contributed by atoms with Crippen molar-refractivity contribution in [2.45, 2.75) is 25.8 Å². The number of benzene rings is 2. The molecule has 156 valence electrons. The molecule has 0 aliphatic carbocycles. The first-order chi connectivity index (χ1) is 14.6. The Morgan fingerprint density at radius 3 is 2.97 bits per heavy atom. The van der Waals surface area contributed by atoms with Crippen LogP contribution in [-0.2, 0) is 4.79 Å². The maximum Gasteiger partial charge on any atom is 0.267 e. The van der Waals surface area contributed by atoms with Crippen LogP contribution >= 0.6 is 0 Å². The van der Waals surface area contributed by atoms with Crippen LogP contribution in [0.25, 0.3) is 28.5 Å². The number of carbonyl (C=O) groups is 1. The van der Waals surface area contributed by atoms with Crippen molar-refractivity contribution in [3.8, 4) is 11.4 Å². The Kier molecular flexibility index (Phi) is 5.92. The number of hydroxylamine groups is 1. The fourth-order valence-corrected chi connectivity index (χ4v) is 4.16. The molecule has 0 bridgehead atoms. The van der Waals surface area contributed by atoms with Crippen LogP contribution in [0.15, 0.2) is 48.5 Å². The first kappa shape index (κ1) is 20.3. The zero-order chi connectivity index (χ0) is 21.1. The first-order valence-electron chi connectivity index (χ1n) is 10.2. The van der Waals surface area contributed by atoms with Crippen molar-refractivity contribution >= 4 is 23.0 Å². The monoisotopic (exact) mass is 408 g/mol. The van der Waals surface area contributed by atoms with Gasteiger partial charge < -0.3 is 9.47 Å². The molecule has 0 spiro atoms. The number of piperidine rings is 1. The van der Waals surface area contributed by atoms with Crippen molar-refractivity contribution in [3.63, 3.8) is 0 Å². The molecule has 1 saturated heterocycles. The fourth-order valence-electron chi connectivity index (χ4n) is 4.16. The average Bonchev–Trinajstić information content (AvgIpc) is 3.16. The lowest BCUT2D eigenvalue weighted by molar-refractivity contribution is -0.124. The van der Waals surface area contributed by atoms with E-state index in [1.54, 1.807) is 17.6 Å². The van der Waals surface area contributed by atoms with E-state index >= 15 is 0 Å². The number of imidazole rings is 1. The summed E-state index contributed by atoms with van der Waals surface area (Å²) in [6.07, 6.45) is 5.03. The first-order valence-corrected chi connectivity index (χ1v) is 10.2. The summed E-state index contributed by atoms with van der Waals surface area (Å²) < 4.78 is 16.2. The minimum absolute atomic E-state index is 0.253. The second kappa shape index (κ2) is 8.77. The van der Waals surface area contributed by atoms with Crippen molar-refractivity contribution in [1.29, 1.82) is 0 Å². The van der Waals surface area contributed by atoms with Gasteiger partial charge in [-0.15, -0.1) is 0 Å². The van der Waals surface area contributed by atoms with Crippen LogP contribution in [-0.4, -0.2) is 45.2 Å². The molecule has 3 aromatic rings. The minimum Gasteiger partial charge on any atom is -0.320 e. The summed E-state index contributed by atoms with van der Waals surface area (Å²) in [5.74, 6) is -0.131. The van der Waals surface area contributed by atoms with E-state index in [1.165, 1.54) is 18.2 Å². The number of aromatic nitrogens is 2. The van der Waals surface area contributed by atoms with E-state index in [0.717, 1.165) is 60.5 Å². The van der Waals surface area contributed by atoms with Gasteiger partial charge in [-0.25, -0.2) is 14.9 Å². The van der Waals surface area contributed by atoms with Gasteiger partial charge in [-0.05, 0) is 61.8 Å². The van der Waals surface area contributed by atoms with Crippen molar-refractivity contribution in [3.05, 3.63) is 59.9 Å². The van der Waals surface area contributed by atoms with Crippen LogP contribution in [0, 0.1) is 5.82 Å². The van der Waals surface area contributed by atoms with E-state index in [-0.39, 0.29) is 11.9 Å². The molecule has 1 aliphatic heterocycles. The fraction of sp³-hybridized carbons (Fsp3) is 0.304. The number of rotatable bonds is 5. The Bertz CT molecular complexity index is 1090. The molecule has 1 amide bonds. The Hall–Kier alpha value is -3.03. The molecule has 1 fully saturated rings. The predicted molar refractivity (Wildman–Crippen MR) is 114 cm³/mol. The molecule has 1 aromatic heterocycles. The maximum absolute atomic E-state index is 14.0. The van der Waals surface area contributed by atoms with Crippen molar-refractivity contribution in [2.24, 2.45) is 0 Å². The van der Waals surface area contributed by atoms with E-state index in [9.17, 15) is 9.18 Å². The Morgan fingerprint density at radius 1 is 1.33 bits per heavy atom. The molecule has 0 saturated carbocycles. The van der Waals surface area contributed by atoms with E-state index in [2.05, 4.69) is 16.4 Å². The zero-order valence-electron chi connectivity index (χ0n) is 16.9. The van der Waals surface area contributed by atoms with Gasteiger partial charge in [0, 0.05) is 24.2 Å². The lowest BCUT2D eigenvalue weighted by Gasteiger charge is -2.33. The van der Waals surface area contributed by atoms with Crippen LogP contribution < -0.4 is 5.48 Å². The van der Waals surface area contributed by atoms with Gasteiger partial charge in [-0.1, -0.05) is 25.1 Å². The predicted octanol–water partition coefficient (Wildman–Crippen LogP) is 4.02. The number of hydrogen-bond acceptors (Lipinski definition) is 4. The Balaban J connectivity index is 1.82. The molecular formula is C23H25FN4O2. The number of carbonyl (C=O) groups excluding carboxylic acids is 1. The van der Waals surface area contributed by atoms with Gasteiger partial charge in [-0.2, -0.15) is 0 Å². The van der Waals surface area contributed by atoms with Crippen LogP contribution in [0.4, 0.5) is 4.39 Å². The SMILES string of the molecule is CCN1CCCC(n2c(-c3cccc(F)c3)nc3cc(C=CC(=O)NO)ccc32)C1. The molecule has 4 rings (SSSR count). The van der Waals surface area contributed by atoms with E-state index in [1.807, 2.05) is 24.3 Å². The highest BCUT2D eigenvalue weighted by atomic mass is 19.1. The number of likely N-dealkylation sites (tertiary alicyclic amines) is 1. The standard InChI is InChI=1S/C23H25FN4O2/c1-2-27-12-4-7-19(15-27)28-21-10-8-16(9-11-22(29)26-30)13-20(21)25-23(28)17-5-3-6-18(24)14-17/h3,5-6,8-11,13-14,19,30H,2,4,7,12,15H2,1H3,(H,26,29). The smallest absolute Gasteiger partial charge is 0.267 e. The highest BCUT2D eigenvalue weighted by molar-refractivity contribution is 5.92. The van der Waals surface area contributed by atoms with Gasteiger partial charge >= 0.3 is 0 Å². The van der Waals surface area contributed by atoms with Crippen LogP contribution in [0.3, 0.4) is 0 Å². The third-order valence-electron chi connectivity index (χ3n) is 5.63. The Morgan fingerprint density at radius 2 is 2.20 bits per heavy atom. The maximum atomic E-state index is 14.0. The van der Waals surface area contributed by atoms with Gasteiger partial charge in [-0.3, -0.25) is 10.0 Å². The number of nitrogens with zero attached hydrogens (tertiary/aromatic N) is 3. The van der Waals surface area contributed by atoms with Gasteiger partial charge in [0.05, 0.1) is 11.0 Å². The second-order valence-electron chi connectivity index (χ2n) is 7.56. The quantitative estimate of drug-likeness (QED) is 0.380. The summed E-state index contributed by atoms with van der Waals surface area (Å²) in [5.41, 5.74) is 4.89. The highest BCUT2D eigenvalue weighted by Gasteiger charge is 2.25. The van der Waals surface area contributed by atoms with Crippen LogP contribution in [0.1, 0.15) is 31.4 Å². The molecule has 2 aromatic carbocycles. The summed E-state index contributed by atoms with van der Waals surface area (Å²) in [4.78, 5) is 18.6. The summed E-state index contributed by atoms with van der Waals surface area (Å²) in [6.45, 7) is 5.20. The largest absolute Gasteiger partial charge is 0.320 e. The molecule has 2 heterocycles. The molecule has 2 N–H and O–H groups in total. The van der Waals surface area contributed by atoms with Gasteiger partial charge in [0.2, 0.25) is 0 Å². The topological polar surface area (TPSA) is 70.4 Å². The van der Waals surface area contributed by atoms with Crippen molar-refractivity contribution in [1.82, 2.24) is 19.9 Å². The molecule has 30 heavy (non-hydrogen) atoms. The zero-order valence-corrected chi connectivity index (χ0v) is 16.9. The molecule has 1 unspecified atom stereocenters. The van der Waals surface area contributed by atoms with E-state index in [0.29, 0.717) is 0 Å². The van der Waals surface area contributed by atoms with Gasteiger partial charge in [0.15, 0.2) is 0 Å². The van der Waals surface area contributed by atoms with Crippen LogP contribution in [0.2, 0.25) is 0 Å². The molecule has 7 heteroatoms. The minimum atomic E-state index is -0.595. The molecule has 1 aliphatic rings. The summed E-state index contributed by atoms with van der Waals surface area (Å²) in [5, 5.41) is 8.66. The van der Waals surface area contributed by atoms with Crippen LogP contribution in [0.5, 0.6) is 0 Å². The number of halogens is 1. The summed E-state index contributed by atoms with van der Waals surface area (Å²) in [6, 6.07) is 12.6. The molecule has 1 atom stereocenters. The summed E-state index contributed by atoms with van der Waals surface area (Å²) in [7, 11) is 0. The molecule has 0 radical (unpaired) electrons. The van der Waals surface area contributed by atoms with Gasteiger partial charge in [0.1, 0.15) is 11.6 Å². The third-order valence-corrected chi connectivity index (χ3v) is 5.63. The van der Waals surface area contributed by atoms with Gasteiger partial charge in [0.25, 0.3) is 5.91 Å². The van der Waals surface area contributed by atoms with Crippen molar-refractivity contribution in [2.75, 3.05) is 19.6 Å². The third kappa shape index (κ3) is 4.13. The average molecular weight is 408 g/mol.